The van der Waals surface area contributed by atoms with Crippen LogP contribution in [0.3, 0.4) is 0 Å². The van der Waals surface area contributed by atoms with Crippen LogP contribution in [-0.2, 0) is 14.3 Å². The van der Waals surface area contributed by atoms with Gasteiger partial charge in [0.25, 0.3) is 0 Å². The molecule has 0 aliphatic carbocycles. The highest BCUT2D eigenvalue weighted by atomic mass is 16.5. The Morgan fingerprint density at radius 1 is 1.14 bits per heavy atom. The summed E-state index contributed by atoms with van der Waals surface area (Å²) < 4.78 is 10.9. The van der Waals surface area contributed by atoms with Gasteiger partial charge in [0.15, 0.2) is 0 Å². The van der Waals surface area contributed by atoms with Crippen molar-refractivity contribution in [1.29, 1.82) is 0 Å². The molecule has 0 bridgehead atoms. The van der Waals surface area contributed by atoms with Gasteiger partial charge in [0.05, 0.1) is 26.4 Å². The Hall–Kier alpha value is -0.690. The molecule has 1 aliphatic heterocycles. The molecule has 22 heavy (non-hydrogen) atoms. The van der Waals surface area contributed by atoms with Crippen molar-refractivity contribution in [3.63, 3.8) is 0 Å². The molecular weight excluding hydrogens is 282 g/mol. The number of nitrogens with one attached hydrogen (secondary N) is 2. The summed E-state index contributed by atoms with van der Waals surface area (Å²) in [5.74, 6) is 0.101. The van der Waals surface area contributed by atoms with Crippen molar-refractivity contribution in [2.75, 3.05) is 65.7 Å². The number of nitrogens with zero attached hydrogens (tertiary/aromatic N) is 1. The summed E-state index contributed by atoms with van der Waals surface area (Å²) in [6, 6.07) is 0. The van der Waals surface area contributed by atoms with E-state index >= 15 is 0 Å². The third-order valence-electron chi connectivity index (χ3n) is 3.20. The second-order valence-electron chi connectivity index (χ2n) is 5.26. The zero-order valence-electron chi connectivity index (χ0n) is 14.8. The highest BCUT2D eigenvalue weighted by Crippen LogP contribution is 1.92. The smallest absolute Gasteiger partial charge is 0.222 e. The van der Waals surface area contributed by atoms with Crippen molar-refractivity contribution in [2.24, 2.45) is 5.92 Å². The lowest BCUT2D eigenvalue weighted by Crippen LogP contribution is -2.44. The van der Waals surface area contributed by atoms with Gasteiger partial charge in [0.2, 0.25) is 5.91 Å². The van der Waals surface area contributed by atoms with Gasteiger partial charge in [0, 0.05) is 46.6 Å². The minimum atomic E-state index is 0. The molecule has 1 aliphatic rings. The van der Waals surface area contributed by atoms with Crippen LogP contribution in [0.25, 0.3) is 0 Å². The van der Waals surface area contributed by atoms with E-state index in [4.69, 9.17) is 9.47 Å². The van der Waals surface area contributed by atoms with Crippen LogP contribution >= 0.6 is 0 Å². The fourth-order valence-corrected chi connectivity index (χ4v) is 1.90. The number of carbonyl (C=O) groups excluding carboxylic acids is 1. The summed E-state index contributed by atoms with van der Waals surface area (Å²) in [6.45, 7) is 16.2. The molecule has 0 atom stereocenters. The number of amides is 1. The summed E-state index contributed by atoms with van der Waals surface area (Å²) in [5, 5.41) is 6.14. The zero-order valence-corrected chi connectivity index (χ0v) is 14.8. The molecule has 0 aromatic heterocycles. The van der Waals surface area contributed by atoms with Crippen LogP contribution in [0.4, 0.5) is 0 Å². The van der Waals surface area contributed by atoms with Crippen molar-refractivity contribution in [3.05, 3.63) is 0 Å². The first-order valence-electron chi connectivity index (χ1n) is 8.56. The Balaban J connectivity index is 0. The average molecular weight is 319 g/mol. The summed E-state index contributed by atoms with van der Waals surface area (Å²) in [7, 11) is 0. The highest BCUT2D eigenvalue weighted by Gasteiger charge is 2.08. The molecule has 1 amide bonds. The molecule has 1 heterocycles. The van der Waals surface area contributed by atoms with E-state index < -0.39 is 0 Å². The van der Waals surface area contributed by atoms with E-state index in [1.165, 1.54) is 0 Å². The first-order valence-corrected chi connectivity index (χ1v) is 8.56. The van der Waals surface area contributed by atoms with Gasteiger partial charge >= 0.3 is 0 Å². The summed E-state index contributed by atoms with van der Waals surface area (Å²) >= 11 is 0. The predicted molar refractivity (Wildman–Crippen MR) is 92.3 cm³/mol. The molecule has 6 heteroatoms. The van der Waals surface area contributed by atoms with Crippen molar-refractivity contribution in [1.82, 2.24) is 15.5 Å². The molecular formula is C16H37N3O3. The minimum Gasteiger partial charge on any atom is -0.378 e. The maximum atomic E-state index is 11.3. The van der Waals surface area contributed by atoms with Crippen LogP contribution in [0.2, 0.25) is 0 Å². The van der Waals surface area contributed by atoms with Gasteiger partial charge in [-0.1, -0.05) is 27.7 Å². The van der Waals surface area contributed by atoms with E-state index in [0.717, 1.165) is 39.3 Å². The number of hydrogen-bond acceptors (Lipinski definition) is 5. The standard InChI is InChI=1S/C14H29N3O3.C2H6.H2/c1-13(2)14(18)16-5-9-19-11-12-20-10-8-17-6-3-15-4-7-17;1-2;/h13,15H,3-12H2,1-2H3,(H,16,18);1-2H3;1H. The topological polar surface area (TPSA) is 62.8 Å². The van der Waals surface area contributed by atoms with E-state index in [-0.39, 0.29) is 13.3 Å². The van der Waals surface area contributed by atoms with Gasteiger partial charge in [0.1, 0.15) is 0 Å². The van der Waals surface area contributed by atoms with Crippen LogP contribution in [-0.4, -0.2) is 76.5 Å². The fraction of sp³-hybridized carbons (Fsp3) is 0.938. The van der Waals surface area contributed by atoms with Crippen molar-refractivity contribution >= 4 is 5.91 Å². The number of rotatable bonds is 10. The third-order valence-corrected chi connectivity index (χ3v) is 3.20. The number of piperazine rings is 1. The fourth-order valence-electron chi connectivity index (χ4n) is 1.90. The lowest BCUT2D eigenvalue weighted by Gasteiger charge is -2.26. The monoisotopic (exact) mass is 319 g/mol. The average Bonchev–Trinajstić information content (AvgIpc) is 2.55. The van der Waals surface area contributed by atoms with E-state index in [1.807, 2.05) is 27.7 Å². The number of hydrogen-bond donors (Lipinski definition) is 2. The van der Waals surface area contributed by atoms with E-state index in [0.29, 0.717) is 26.4 Å². The Morgan fingerprint density at radius 3 is 2.32 bits per heavy atom. The summed E-state index contributed by atoms with van der Waals surface area (Å²) in [6.07, 6.45) is 0. The third kappa shape index (κ3) is 11.9. The summed E-state index contributed by atoms with van der Waals surface area (Å²) in [4.78, 5) is 13.7. The molecule has 6 nitrogen and oxygen atoms in total. The van der Waals surface area contributed by atoms with E-state index in [9.17, 15) is 4.79 Å². The van der Waals surface area contributed by atoms with E-state index in [2.05, 4.69) is 15.5 Å². The first kappa shape index (κ1) is 21.3. The molecule has 0 unspecified atom stereocenters. The molecule has 0 spiro atoms. The quantitative estimate of drug-likeness (QED) is 0.588. The normalized spacial score (nSPS) is 15.3. The van der Waals surface area contributed by atoms with Crippen LogP contribution in [0, 0.1) is 5.92 Å². The lowest BCUT2D eigenvalue weighted by atomic mass is 10.2. The van der Waals surface area contributed by atoms with Crippen LogP contribution in [0.5, 0.6) is 0 Å². The molecule has 1 rings (SSSR count). The van der Waals surface area contributed by atoms with Gasteiger partial charge in [-0.15, -0.1) is 0 Å². The number of carbonyl (C=O) groups is 1. The van der Waals surface area contributed by atoms with E-state index in [1.54, 1.807) is 0 Å². The van der Waals surface area contributed by atoms with Gasteiger partial charge in [-0.05, 0) is 0 Å². The van der Waals surface area contributed by atoms with Crippen molar-refractivity contribution in [3.8, 4) is 0 Å². The van der Waals surface area contributed by atoms with Crippen LogP contribution in [0.15, 0.2) is 0 Å². The molecule has 0 aromatic carbocycles. The van der Waals surface area contributed by atoms with Crippen molar-refractivity contribution < 1.29 is 15.7 Å². The largest absolute Gasteiger partial charge is 0.378 e. The van der Waals surface area contributed by atoms with Gasteiger partial charge < -0.3 is 20.1 Å². The second-order valence-corrected chi connectivity index (χ2v) is 5.26. The molecule has 0 radical (unpaired) electrons. The molecule has 1 fully saturated rings. The van der Waals surface area contributed by atoms with Gasteiger partial charge in [-0.2, -0.15) is 0 Å². The summed E-state index contributed by atoms with van der Waals surface area (Å²) in [5.41, 5.74) is 0. The van der Waals surface area contributed by atoms with Crippen molar-refractivity contribution in [2.45, 2.75) is 27.7 Å². The van der Waals surface area contributed by atoms with Gasteiger partial charge in [-0.3, -0.25) is 9.69 Å². The Kier molecular flexibility index (Phi) is 14.7. The molecule has 134 valence electrons. The maximum absolute atomic E-state index is 11.3. The van der Waals surface area contributed by atoms with Gasteiger partial charge in [-0.25, -0.2) is 0 Å². The maximum Gasteiger partial charge on any atom is 0.222 e. The Bertz CT molecular complexity index is 263. The molecule has 0 aromatic rings. The predicted octanol–water partition coefficient (Wildman–Crippen LogP) is 0.969. The molecule has 2 N–H and O–H groups in total. The lowest BCUT2D eigenvalue weighted by molar-refractivity contribution is -0.124. The van der Waals surface area contributed by atoms with Crippen LogP contribution in [0.1, 0.15) is 29.1 Å². The first-order chi connectivity index (χ1) is 10.7. The second kappa shape index (κ2) is 15.2. The number of ether oxygens (including phenoxy) is 2. The molecule has 1 saturated heterocycles. The SMILES string of the molecule is CC.CC(C)C(=O)NCCOCCOCCN1CCNCC1.[HH]. The highest BCUT2D eigenvalue weighted by molar-refractivity contribution is 5.77. The van der Waals surface area contributed by atoms with Crippen LogP contribution < -0.4 is 10.6 Å². The zero-order chi connectivity index (χ0) is 16.6. The molecule has 0 saturated carbocycles. The Labute approximate surface area is 137 Å². The minimum absolute atomic E-state index is 0. The Morgan fingerprint density at radius 2 is 1.73 bits per heavy atom.